The van der Waals surface area contributed by atoms with Crippen LogP contribution < -0.4 is 10.6 Å². The zero-order chi connectivity index (χ0) is 14.7. The van der Waals surface area contributed by atoms with Crippen LogP contribution in [0, 0.1) is 5.82 Å². The second kappa shape index (κ2) is 5.95. The van der Waals surface area contributed by atoms with Gasteiger partial charge in [0.2, 0.25) is 0 Å². The molecule has 1 fully saturated rings. The maximum absolute atomic E-state index is 13.1. The first kappa shape index (κ1) is 13.6. The number of halogens is 1. The van der Waals surface area contributed by atoms with Crippen LogP contribution in [-0.4, -0.2) is 11.9 Å². The van der Waals surface area contributed by atoms with Crippen LogP contribution in [0.15, 0.2) is 48.5 Å². The largest absolute Gasteiger partial charge is 0.381 e. The summed E-state index contributed by atoms with van der Waals surface area (Å²) in [5.41, 5.74) is 2.36. The van der Waals surface area contributed by atoms with Crippen LogP contribution >= 0.6 is 0 Å². The minimum Gasteiger partial charge on any atom is -0.381 e. The summed E-state index contributed by atoms with van der Waals surface area (Å²) >= 11 is 0. The van der Waals surface area contributed by atoms with Gasteiger partial charge in [-0.2, -0.15) is 0 Å². The van der Waals surface area contributed by atoms with E-state index in [0.29, 0.717) is 18.2 Å². The van der Waals surface area contributed by atoms with E-state index in [0.717, 1.165) is 24.1 Å². The van der Waals surface area contributed by atoms with Crippen molar-refractivity contribution in [1.82, 2.24) is 5.32 Å². The van der Waals surface area contributed by atoms with Crippen LogP contribution in [-0.2, 0) is 6.54 Å². The van der Waals surface area contributed by atoms with E-state index in [1.165, 1.54) is 12.1 Å². The van der Waals surface area contributed by atoms with Gasteiger partial charge in [-0.1, -0.05) is 18.2 Å². The first-order valence-electron chi connectivity index (χ1n) is 7.10. The molecule has 0 atom stereocenters. The molecule has 108 valence electrons. The lowest BCUT2D eigenvalue weighted by atomic mass is 10.1. The summed E-state index contributed by atoms with van der Waals surface area (Å²) in [6.45, 7) is 0.519. The van der Waals surface area contributed by atoms with E-state index >= 15 is 0 Å². The Morgan fingerprint density at radius 1 is 1.14 bits per heavy atom. The van der Waals surface area contributed by atoms with E-state index in [1.807, 2.05) is 24.3 Å². The summed E-state index contributed by atoms with van der Waals surface area (Å²) < 4.78 is 13.1. The number of amides is 1. The Balaban J connectivity index is 1.63. The first-order chi connectivity index (χ1) is 10.2. The van der Waals surface area contributed by atoms with Gasteiger partial charge in [0.15, 0.2) is 0 Å². The smallest absolute Gasteiger partial charge is 0.251 e. The molecule has 4 heteroatoms. The monoisotopic (exact) mass is 284 g/mol. The predicted octanol–water partition coefficient (Wildman–Crippen LogP) is 3.33. The molecule has 2 aromatic rings. The highest BCUT2D eigenvalue weighted by Crippen LogP contribution is 2.20. The molecule has 3 rings (SSSR count). The van der Waals surface area contributed by atoms with Crippen molar-refractivity contribution in [3.63, 3.8) is 0 Å². The van der Waals surface area contributed by atoms with Crippen LogP contribution in [0.2, 0.25) is 0 Å². The molecule has 2 aromatic carbocycles. The molecule has 0 saturated heterocycles. The first-order valence-corrected chi connectivity index (χ1v) is 7.10. The molecular formula is C17H17FN2O. The highest BCUT2D eigenvalue weighted by atomic mass is 19.1. The maximum atomic E-state index is 13.1. The lowest BCUT2D eigenvalue weighted by Gasteiger charge is -2.09. The highest BCUT2D eigenvalue weighted by Gasteiger charge is 2.23. The molecule has 3 nitrogen and oxygen atoms in total. The molecule has 0 bridgehead atoms. The van der Waals surface area contributed by atoms with Crippen molar-refractivity contribution in [2.75, 3.05) is 5.32 Å². The van der Waals surface area contributed by atoms with E-state index in [4.69, 9.17) is 0 Å². The van der Waals surface area contributed by atoms with Crippen molar-refractivity contribution < 1.29 is 9.18 Å². The third-order valence-corrected chi connectivity index (χ3v) is 3.42. The number of nitrogens with one attached hydrogen (secondary N) is 2. The Morgan fingerprint density at radius 2 is 1.95 bits per heavy atom. The van der Waals surface area contributed by atoms with Crippen molar-refractivity contribution in [1.29, 1.82) is 0 Å². The Hall–Kier alpha value is -2.36. The van der Waals surface area contributed by atoms with E-state index in [2.05, 4.69) is 10.6 Å². The maximum Gasteiger partial charge on any atom is 0.251 e. The van der Waals surface area contributed by atoms with E-state index in [1.54, 1.807) is 12.1 Å². The SMILES string of the molecule is O=C(NC1CC1)c1cccc(NCc2cccc(F)c2)c1. The minimum atomic E-state index is -0.244. The van der Waals surface area contributed by atoms with Gasteiger partial charge in [-0.05, 0) is 48.7 Å². The number of rotatable bonds is 5. The molecule has 1 aliphatic carbocycles. The van der Waals surface area contributed by atoms with Crippen molar-refractivity contribution in [3.8, 4) is 0 Å². The molecule has 0 spiro atoms. The zero-order valence-electron chi connectivity index (χ0n) is 11.6. The highest BCUT2D eigenvalue weighted by molar-refractivity contribution is 5.95. The Labute approximate surface area is 123 Å². The number of benzene rings is 2. The molecule has 0 radical (unpaired) electrons. The summed E-state index contributed by atoms with van der Waals surface area (Å²) in [5.74, 6) is -0.279. The summed E-state index contributed by atoms with van der Waals surface area (Å²) in [6.07, 6.45) is 2.15. The van der Waals surface area contributed by atoms with Crippen molar-refractivity contribution in [2.45, 2.75) is 25.4 Å². The Morgan fingerprint density at radius 3 is 2.71 bits per heavy atom. The second-order valence-corrected chi connectivity index (χ2v) is 5.31. The number of carbonyl (C=O) groups excluding carboxylic acids is 1. The van der Waals surface area contributed by atoms with Crippen molar-refractivity contribution >= 4 is 11.6 Å². The van der Waals surface area contributed by atoms with E-state index < -0.39 is 0 Å². The van der Waals surface area contributed by atoms with Crippen LogP contribution in [0.4, 0.5) is 10.1 Å². The molecular weight excluding hydrogens is 267 g/mol. The van der Waals surface area contributed by atoms with Crippen LogP contribution in [0.1, 0.15) is 28.8 Å². The average molecular weight is 284 g/mol. The van der Waals surface area contributed by atoms with Gasteiger partial charge in [-0.3, -0.25) is 4.79 Å². The molecule has 1 saturated carbocycles. The molecule has 2 N–H and O–H groups in total. The van der Waals surface area contributed by atoms with Gasteiger partial charge in [-0.15, -0.1) is 0 Å². The Kier molecular flexibility index (Phi) is 3.86. The van der Waals surface area contributed by atoms with Crippen LogP contribution in [0.25, 0.3) is 0 Å². The van der Waals surface area contributed by atoms with E-state index in [-0.39, 0.29) is 11.7 Å². The summed E-state index contributed by atoms with van der Waals surface area (Å²) in [5, 5.41) is 6.17. The summed E-state index contributed by atoms with van der Waals surface area (Å²) in [4.78, 5) is 12.0. The van der Waals surface area contributed by atoms with Crippen molar-refractivity contribution in [2.24, 2.45) is 0 Å². The fraction of sp³-hybridized carbons (Fsp3) is 0.235. The second-order valence-electron chi connectivity index (χ2n) is 5.31. The third kappa shape index (κ3) is 3.81. The topological polar surface area (TPSA) is 41.1 Å². The standard InChI is InChI=1S/C17H17FN2O/c18-14-5-1-3-12(9-14)11-19-16-6-2-4-13(10-16)17(21)20-15-7-8-15/h1-6,9-10,15,19H,7-8,11H2,(H,20,21). The molecule has 0 unspecified atom stereocenters. The number of hydrogen-bond acceptors (Lipinski definition) is 2. The van der Waals surface area contributed by atoms with Gasteiger partial charge >= 0.3 is 0 Å². The molecule has 1 aliphatic rings. The van der Waals surface area contributed by atoms with Gasteiger partial charge in [-0.25, -0.2) is 4.39 Å². The molecule has 21 heavy (non-hydrogen) atoms. The van der Waals surface area contributed by atoms with Gasteiger partial charge in [0.1, 0.15) is 5.82 Å². The molecule has 1 amide bonds. The van der Waals surface area contributed by atoms with Crippen LogP contribution in [0.5, 0.6) is 0 Å². The third-order valence-electron chi connectivity index (χ3n) is 3.42. The quantitative estimate of drug-likeness (QED) is 0.884. The zero-order valence-corrected chi connectivity index (χ0v) is 11.6. The predicted molar refractivity (Wildman–Crippen MR) is 80.7 cm³/mol. The van der Waals surface area contributed by atoms with Crippen molar-refractivity contribution in [3.05, 3.63) is 65.5 Å². The van der Waals surface area contributed by atoms with Gasteiger partial charge in [0, 0.05) is 23.8 Å². The lowest BCUT2D eigenvalue weighted by molar-refractivity contribution is 0.0951. The number of hydrogen-bond donors (Lipinski definition) is 2. The summed E-state index contributed by atoms with van der Waals surface area (Å²) in [7, 11) is 0. The molecule has 0 heterocycles. The van der Waals surface area contributed by atoms with Crippen LogP contribution in [0.3, 0.4) is 0 Å². The number of anilines is 1. The van der Waals surface area contributed by atoms with Gasteiger partial charge in [0.05, 0.1) is 0 Å². The minimum absolute atomic E-state index is 0.0353. The number of carbonyl (C=O) groups is 1. The normalized spacial score (nSPS) is 13.8. The fourth-order valence-corrected chi connectivity index (χ4v) is 2.12. The summed E-state index contributed by atoms with van der Waals surface area (Å²) in [6, 6.07) is 14.2. The van der Waals surface area contributed by atoms with Gasteiger partial charge < -0.3 is 10.6 Å². The average Bonchev–Trinajstić information content (AvgIpc) is 3.29. The molecule has 0 aliphatic heterocycles. The van der Waals surface area contributed by atoms with Gasteiger partial charge in [0.25, 0.3) is 5.91 Å². The fourth-order valence-electron chi connectivity index (χ4n) is 2.12. The lowest BCUT2D eigenvalue weighted by Crippen LogP contribution is -2.25. The Bertz CT molecular complexity index is 653. The molecule has 0 aromatic heterocycles. The van der Waals surface area contributed by atoms with E-state index in [9.17, 15) is 9.18 Å².